The van der Waals surface area contributed by atoms with Crippen LogP contribution in [0.15, 0.2) is 23.1 Å². The molecule has 3 nitrogen and oxygen atoms in total. The van der Waals surface area contributed by atoms with E-state index in [0.717, 1.165) is 25.9 Å². The van der Waals surface area contributed by atoms with E-state index in [0.29, 0.717) is 27.0 Å². The zero-order valence-electron chi connectivity index (χ0n) is 13.0. The number of carbonyl (C=O) groups excluding carboxylic acids is 1. The standard InChI is InChI=1S/C17H19FN2OS2/c1-2-20-16(21)15(23-17(20)22)11-12-6-7-14(13(18)10-12)19-8-4-3-5-9-19/h6-7,10-11H,2-5,8-9H2,1H3. The number of hydrogen-bond acceptors (Lipinski definition) is 4. The van der Waals surface area contributed by atoms with Crippen molar-refractivity contribution in [2.45, 2.75) is 26.2 Å². The topological polar surface area (TPSA) is 23.6 Å². The van der Waals surface area contributed by atoms with Crippen molar-refractivity contribution < 1.29 is 9.18 Å². The number of piperidine rings is 1. The van der Waals surface area contributed by atoms with Gasteiger partial charge in [0.15, 0.2) is 0 Å². The molecule has 0 spiro atoms. The smallest absolute Gasteiger partial charge is 0.266 e. The number of halogens is 1. The Hall–Kier alpha value is -1.40. The van der Waals surface area contributed by atoms with Crippen LogP contribution in [0, 0.1) is 5.82 Å². The predicted octanol–water partition coefficient (Wildman–Crippen LogP) is 4.04. The molecule has 1 amide bonds. The van der Waals surface area contributed by atoms with Crippen molar-refractivity contribution in [3.63, 3.8) is 0 Å². The Morgan fingerprint density at radius 1 is 1.30 bits per heavy atom. The van der Waals surface area contributed by atoms with Gasteiger partial charge >= 0.3 is 0 Å². The van der Waals surface area contributed by atoms with E-state index in [1.165, 1.54) is 24.2 Å². The molecule has 0 unspecified atom stereocenters. The first kappa shape index (κ1) is 16.5. The molecular weight excluding hydrogens is 331 g/mol. The monoisotopic (exact) mass is 350 g/mol. The molecule has 23 heavy (non-hydrogen) atoms. The summed E-state index contributed by atoms with van der Waals surface area (Å²) in [6.07, 6.45) is 5.16. The summed E-state index contributed by atoms with van der Waals surface area (Å²) in [5.41, 5.74) is 1.35. The Bertz CT molecular complexity index is 669. The molecule has 2 aliphatic heterocycles. The number of hydrogen-bond donors (Lipinski definition) is 0. The second-order valence-corrected chi connectivity index (χ2v) is 7.36. The third-order valence-electron chi connectivity index (χ3n) is 4.16. The van der Waals surface area contributed by atoms with Gasteiger partial charge in [0.05, 0.1) is 10.6 Å². The van der Waals surface area contributed by atoms with E-state index < -0.39 is 0 Å². The van der Waals surface area contributed by atoms with Gasteiger partial charge in [-0.15, -0.1) is 0 Å². The molecule has 1 aromatic carbocycles. The summed E-state index contributed by atoms with van der Waals surface area (Å²) in [4.78, 5) is 16.4. The van der Waals surface area contributed by atoms with Crippen LogP contribution in [0.4, 0.5) is 10.1 Å². The van der Waals surface area contributed by atoms with Crippen LogP contribution in [0.1, 0.15) is 31.7 Å². The molecule has 0 atom stereocenters. The summed E-state index contributed by atoms with van der Waals surface area (Å²) in [6, 6.07) is 5.18. The zero-order chi connectivity index (χ0) is 16.4. The average Bonchev–Trinajstić information content (AvgIpc) is 2.82. The van der Waals surface area contributed by atoms with Crippen molar-refractivity contribution in [2.75, 3.05) is 24.5 Å². The lowest BCUT2D eigenvalue weighted by Gasteiger charge is -2.29. The first-order valence-corrected chi connectivity index (χ1v) is 9.12. The van der Waals surface area contributed by atoms with Gasteiger partial charge in [-0.1, -0.05) is 30.0 Å². The summed E-state index contributed by atoms with van der Waals surface area (Å²) in [5, 5.41) is 0. The molecule has 0 radical (unpaired) electrons. The molecule has 2 fully saturated rings. The lowest BCUT2D eigenvalue weighted by Crippen LogP contribution is -2.30. The van der Waals surface area contributed by atoms with Crippen molar-refractivity contribution in [2.24, 2.45) is 0 Å². The molecule has 2 saturated heterocycles. The number of rotatable bonds is 3. The van der Waals surface area contributed by atoms with Crippen LogP contribution in [-0.2, 0) is 4.79 Å². The highest BCUT2D eigenvalue weighted by molar-refractivity contribution is 8.26. The van der Waals surface area contributed by atoms with E-state index in [4.69, 9.17) is 12.2 Å². The maximum atomic E-state index is 14.4. The quantitative estimate of drug-likeness (QED) is 0.606. The van der Waals surface area contributed by atoms with E-state index in [-0.39, 0.29) is 11.7 Å². The maximum Gasteiger partial charge on any atom is 0.266 e. The van der Waals surface area contributed by atoms with Crippen LogP contribution in [0.3, 0.4) is 0 Å². The highest BCUT2D eigenvalue weighted by atomic mass is 32.2. The fourth-order valence-corrected chi connectivity index (χ4v) is 4.31. The summed E-state index contributed by atoms with van der Waals surface area (Å²) in [5.74, 6) is -0.324. The highest BCUT2D eigenvalue weighted by Gasteiger charge is 2.30. The zero-order valence-corrected chi connectivity index (χ0v) is 14.7. The van der Waals surface area contributed by atoms with E-state index in [1.807, 2.05) is 19.1 Å². The molecule has 122 valence electrons. The summed E-state index contributed by atoms with van der Waals surface area (Å²) >= 11 is 6.46. The third-order valence-corrected chi connectivity index (χ3v) is 5.53. The molecule has 2 aliphatic rings. The Morgan fingerprint density at radius 2 is 2.04 bits per heavy atom. The SMILES string of the molecule is CCN1C(=O)C(=Cc2ccc(N3CCCCC3)c(F)c2)SC1=S. The van der Waals surface area contributed by atoms with Crippen LogP contribution in [0.2, 0.25) is 0 Å². The van der Waals surface area contributed by atoms with Gasteiger partial charge in [-0.25, -0.2) is 4.39 Å². The highest BCUT2D eigenvalue weighted by Crippen LogP contribution is 2.33. The van der Waals surface area contributed by atoms with Crippen LogP contribution >= 0.6 is 24.0 Å². The molecule has 6 heteroatoms. The first-order valence-electron chi connectivity index (χ1n) is 7.90. The molecule has 1 aromatic rings. The van der Waals surface area contributed by atoms with Gasteiger partial charge in [0, 0.05) is 19.6 Å². The largest absolute Gasteiger partial charge is 0.369 e. The maximum absolute atomic E-state index is 14.4. The Balaban J connectivity index is 1.82. The predicted molar refractivity (Wildman–Crippen MR) is 98.0 cm³/mol. The molecule has 0 bridgehead atoms. The number of thiocarbonyl (C=S) groups is 1. The average molecular weight is 350 g/mol. The van der Waals surface area contributed by atoms with Gasteiger partial charge in [-0.05, 0) is 50.0 Å². The number of thioether (sulfide) groups is 1. The number of amides is 1. The Morgan fingerprint density at radius 3 is 2.65 bits per heavy atom. The van der Waals surface area contributed by atoms with Crippen molar-refractivity contribution in [1.29, 1.82) is 0 Å². The van der Waals surface area contributed by atoms with E-state index in [2.05, 4.69) is 4.90 Å². The van der Waals surface area contributed by atoms with Crippen LogP contribution < -0.4 is 4.90 Å². The fourth-order valence-electron chi connectivity index (χ4n) is 2.93. The van der Waals surface area contributed by atoms with Gasteiger partial charge in [0.25, 0.3) is 5.91 Å². The van der Waals surface area contributed by atoms with E-state index in [1.54, 1.807) is 11.0 Å². The normalized spacial score (nSPS) is 20.7. The van der Waals surface area contributed by atoms with Crippen LogP contribution in [-0.4, -0.2) is 34.8 Å². The van der Waals surface area contributed by atoms with E-state index in [9.17, 15) is 9.18 Å². The van der Waals surface area contributed by atoms with Gasteiger partial charge in [-0.2, -0.15) is 0 Å². The van der Waals surface area contributed by atoms with Gasteiger partial charge < -0.3 is 4.90 Å². The first-order chi connectivity index (χ1) is 11.1. The second-order valence-electron chi connectivity index (χ2n) is 5.68. The molecular formula is C17H19FN2OS2. The lowest BCUT2D eigenvalue weighted by atomic mass is 10.1. The molecule has 3 rings (SSSR count). The molecule has 0 N–H and O–H groups in total. The van der Waals surface area contributed by atoms with Gasteiger partial charge in [0.2, 0.25) is 0 Å². The third kappa shape index (κ3) is 3.43. The van der Waals surface area contributed by atoms with Crippen molar-refractivity contribution >= 4 is 46.0 Å². The minimum Gasteiger partial charge on any atom is -0.369 e. The Labute approximate surface area is 145 Å². The van der Waals surface area contributed by atoms with Gasteiger partial charge in [-0.3, -0.25) is 9.69 Å². The second kappa shape index (κ2) is 7.01. The summed E-state index contributed by atoms with van der Waals surface area (Å²) in [6.45, 7) is 4.27. The minimum atomic E-state index is -0.230. The van der Waals surface area contributed by atoms with Crippen molar-refractivity contribution in [1.82, 2.24) is 4.90 Å². The summed E-state index contributed by atoms with van der Waals surface area (Å²) in [7, 11) is 0. The van der Waals surface area contributed by atoms with Crippen LogP contribution in [0.25, 0.3) is 6.08 Å². The summed E-state index contributed by atoms with van der Waals surface area (Å²) < 4.78 is 15.0. The molecule has 0 saturated carbocycles. The molecule has 2 heterocycles. The number of nitrogens with zero attached hydrogens (tertiary/aromatic N) is 2. The van der Waals surface area contributed by atoms with E-state index >= 15 is 0 Å². The number of carbonyl (C=O) groups is 1. The minimum absolute atomic E-state index is 0.0944. The Kier molecular flexibility index (Phi) is 5.02. The number of likely N-dealkylation sites (N-methyl/N-ethyl adjacent to an activating group) is 1. The number of benzene rings is 1. The van der Waals surface area contributed by atoms with Crippen molar-refractivity contribution in [3.05, 3.63) is 34.5 Å². The number of anilines is 1. The van der Waals surface area contributed by atoms with Gasteiger partial charge in [0.1, 0.15) is 10.1 Å². The fraction of sp³-hybridized carbons (Fsp3) is 0.412. The molecule has 0 aromatic heterocycles. The van der Waals surface area contributed by atoms with Crippen LogP contribution in [0.5, 0.6) is 0 Å². The lowest BCUT2D eigenvalue weighted by molar-refractivity contribution is -0.121. The van der Waals surface area contributed by atoms with Crippen molar-refractivity contribution in [3.8, 4) is 0 Å². The molecule has 0 aliphatic carbocycles.